The molecule has 2 amide bonds. The molecule has 3 N–H and O–H groups in total. The fraction of sp³-hybridized carbons (Fsp3) is 0.260. The van der Waals surface area contributed by atoms with Gasteiger partial charge in [-0.15, -0.1) is 10.2 Å². The first-order valence-electron chi connectivity index (χ1n) is 21.4. The van der Waals surface area contributed by atoms with E-state index in [0.717, 1.165) is 93.9 Å². The van der Waals surface area contributed by atoms with Gasteiger partial charge in [-0.25, -0.2) is 15.0 Å². The summed E-state index contributed by atoms with van der Waals surface area (Å²) in [7, 11) is 0. The van der Waals surface area contributed by atoms with Gasteiger partial charge in [-0.05, 0) is 79.8 Å². The van der Waals surface area contributed by atoms with Crippen LogP contribution in [0.1, 0.15) is 67.7 Å². The zero-order valence-electron chi connectivity index (χ0n) is 34.6. The number of pyridine rings is 1. The minimum Gasteiger partial charge on any atom is -0.488 e. The molecule has 4 aromatic heterocycles. The zero-order valence-corrected chi connectivity index (χ0v) is 34.6. The number of imide groups is 1. The van der Waals surface area contributed by atoms with Crippen LogP contribution in [0.25, 0.3) is 33.2 Å². The number of hydrogen-bond donors (Lipinski definition) is 2. The average molecular weight is 833 g/mol. The molecule has 0 spiro atoms. The molecule has 3 aromatic carbocycles. The first kappa shape index (κ1) is 39.4. The summed E-state index contributed by atoms with van der Waals surface area (Å²) in [5, 5.41) is 13.3. The lowest BCUT2D eigenvalue weighted by Gasteiger charge is -2.42. The lowest BCUT2D eigenvalue weighted by Crippen LogP contribution is -2.54. The number of carbonyl (C=O) groups excluding carboxylic acids is 2. The number of piperidine rings is 1. The molecule has 3 aliphatic heterocycles. The third-order valence-corrected chi connectivity index (χ3v) is 12.0. The Bertz CT molecular complexity index is 2970. The zero-order chi connectivity index (χ0) is 42.7. The number of nitrogens with two attached hydrogens (primary N) is 1. The quantitative estimate of drug-likeness (QED) is 0.0877. The van der Waals surface area contributed by atoms with Crippen LogP contribution in [-0.4, -0.2) is 66.7 Å². The van der Waals surface area contributed by atoms with Crippen LogP contribution in [0.5, 0.6) is 5.75 Å². The third kappa shape index (κ3) is 8.09. The number of nitrogens with zero attached hydrogens (tertiary/aromatic N) is 8. The Morgan fingerprint density at radius 3 is 2.33 bits per heavy atom. The van der Waals surface area contributed by atoms with Crippen LogP contribution in [0, 0.1) is 23.7 Å². The summed E-state index contributed by atoms with van der Waals surface area (Å²) in [5.41, 5.74) is 13.3. The maximum absolute atomic E-state index is 12.8. The number of ether oxygens (including phenoxy) is 1. The van der Waals surface area contributed by atoms with Gasteiger partial charge in [0.1, 0.15) is 24.0 Å². The van der Waals surface area contributed by atoms with Gasteiger partial charge in [0.05, 0.1) is 22.5 Å². The van der Waals surface area contributed by atoms with Crippen LogP contribution in [-0.2, 0) is 16.2 Å². The highest BCUT2D eigenvalue weighted by molar-refractivity contribution is 6.09. The number of amides is 2. The molecular weight excluding hydrogens is 789 g/mol. The minimum atomic E-state index is -0.494. The van der Waals surface area contributed by atoms with Crippen LogP contribution >= 0.6 is 0 Å². The van der Waals surface area contributed by atoms with Crippen molar-refractivity contribution in [3.8, 4) is 40.7 Å². The standard InChI is InChI=1S/C50H44N10O3/c51-47-44(27-41(56-57-47)39-16-9-10-18-45(39)63-32-34-13-7-4-8-14-34)58-30-36-20-21-37(31-58)59(36)50-53-28-35(29-54-50)15-6-3-1-2-5-12-33-19-22-42-40(26-33)38-17-11-25-52-48(38)60(42)43-23-24-46(61)55-49(43)62/h4,7-11,13-14,16-19,22,25-29,36-37,43H,1-3,20-21,23-24,30-32H2,(H2,51,57)(H,55,61,62). The Hall–Kier alpha value is -7.77. The lowest BCUT2D eigenvalue weighted by atomic mass is 10.1. The largest absolute Gasteiger partial charge is 0.488 e. The normalized spacial score (nSPS) is 18.1. The van der Waals surface area contributed by atoms with Gasteiger partial charge in [-0.3, -0.25) is 14.9 Å². The second-order valence-corrected chi connectivity index (χ2v) is 16.1. The van der Waals surface area contributed by atoms with E-state index in [9.17, 15) is 9.59 Å². The molecule has 3 atom stereocenters. The van der Waals surface area contributed by atoms with E-state index in [1.54, 1.807) is 6.20 Å². The SMILES string of the molecule is Nc1nnc(-c2ccccc2OCc2ccccc2)cc1N1CC2CCC(C1)N2c1ncc(C#CCCCC#Cc2ccc3c(c2)c2cccnc2n3C2CCC(=O)NC2=O)cn1. The Labute approximate surface area is 364 Å². The molecule has 0 aliphatic carbocycles. The third-order valence-electron chi connectivity index (χ3n) is 12.0. The number of nitrogens with one attached hydrogen (secondary N) is 1. The number of piperazine rings is 1. The van der Waals surface area contributed by atoms with Crippen molar-refractivity contribution in [2.75, 3.05) is 28.6 Å². The van der Waals surface area contributed by atoms with E-state index >= 15 is 0 Å². The maximum atomic E-state index is 12.8. The Morgan fingerprint density at radius 2 is 1.54 bits per heavy atom. The number of para-hydroxylation sites is 1. The predicted molar refractivity (Wildman–Crippen MR) is 242 cm³/mol. The summed E-state index contributed by atoms with van der Waals surface area (Å²) in [6.07, 6.45) is 10.4. The van der Waals surface area contributed by atoms with Crippen molar-refractivity contribution in [2.24, 2.45) is 0 Å². The van der Waals surface area contributed by atoms with E-state index in [4.69, 9.17) is 20.4 Å². The molecule has 3 fully saturated rings. The smallest absolute Gasteiger partial charge is 0.249 e. The first-order valence-corrected chi connectivity index (χ1v) is 21.4. The van der Waals surface area contributed by atoms with Crippen molar-refractivity contribution >= 4 is 51.2 Å². The highest BCUT2D eigenvalue weighted by Gasteiger charge is 2.42. The van der Waals surface area contributed by atoms with E-state index in [1.807, 2.05) is 102 Å². The molecule has 7 aromatic rings. The minimum absolute atomic E-state index is 0.233. The van der Waals surface area contributed by atoms with Gasteiger partial charge < -0.3 is 24.8 Å². The van der Waals surface area contributed by atoms with Crippen molar-refractivity contribution in [3.05, 3.63) is 126 Å². The molecule has 10 rings (SSSR count). The fourth-order valence-corrected chi connectivity index (χ4v) is 9.05. The van der Waals surface area contributed by atoms with Gasteiger partial charge in [0.25, 0.3) is 0 Å². The molecule has 2 bridgehead atoms. The van der Waals surface area contributed by atoms with E-state index in [1.165, 1.54) is 0 Å². The number of carbonyl (C=O) groups is 2. The molecule has 312 valence electrons. The Balaban J connectivity index is 0.747. The van der Waals surface area contributed by atoms with Gasteiger partial charge in [-0.2, -0.15) is 0 Å². The molecule has 7 heterocycles. The summed E-state index contributed by atoms with van der Waals surface area (Å²) in [6, 6.07) is 29.9. The molecule has 3 saturated heterocycles. The summed E-state index contributed by atoms with van der Waals surface area (Å²) >= 11 is 0. The maximum Gasteiger partial charge on any atom is 0.249 e. The number of rotatable bonds is 9. The van der Waals surface area contributed by atoms with Crippen molar-refractivity contribution in [1.82, 2.24) is 35.0 Å². The van der Waals surface area contributed by atoms with E-state index in [-0.39, 0.29) is 23.9 Å². The second kappa shape index (κ2) is 17.3. The van der Waals surface area contributed by atoms with Gasteiger partial charge in [-0.1, -0.05) is 66.1 Å². The summed E-state index contributed by atoms with van der Waals surface area (Å²) < 4.78 is 8.19. The number of benzene rings is 3. The van der Waals surface area contributed by atoms with Crippen molar-refractivity contribution in [2.45, 2.75) is 69.7 Å². The van der Waals surface area contributed by atoms with Gasteiger partial charge in [0.15, 0.2) is 5.82 Å². The number of unbranched alkanes of at least 4 members (excludes halogenated alkanes) is 2. The fourth-order valence-electron chi connectivity index (χ4n) is 9.05. The van der Waals surface area contributed by atoms with Crippen LogP contribution in [0.2, 0.25) is 0 Å². The summed E-state index contributed by atoms with van der Waals surface area (Å²) in [4.78, 5) is 43.4. The molecule has 3 aliphatic rings. The first-order chi connectivity index (χ1) is 31.0. The van der Waals surface area contributed by atoms with Crippen LogP contribution in [0.4, 0.5) is 17.5 Å². The van der Waals surface area contributed by atoms with Gasteiger partial charge >= 0.3 is 0 Å². The molecule has 13 nitrogen and oxygen atoms in total. The van der Waals surface area contributed by atoms with Gasteiger partial charge in [0, 0.05) is 84.9 Å². The van der Waals surface area contributed by atoms with E-state index < -0.39 is 6.04 Å². The molecule has 3 unspecified atom stereocenters. The Morgan fingerprint density at radius 1 is 0.778 bits per heavy atom. The number of nitrogen functional groups attached to an aromatic ring is 1. The molecule has 0 saturated carbocycles. The molecule has 63 heavy (non-hydrogen) atoms. The topological polar surface area (TPSA) is 157 Å². The second-order valence-electron chi connectivity index (χ2n) is 16.1. The molecule has 0 radical (unpaired) electrons. The molecule has 13 heteroatoms. The van der Waals surface area contributed by atoms with Crippen LogP contribution < -0.4 is 25.6 Å². The van der Waals surface area contributed by atoms with E-state index in [0.29, 0.717) is 43.8 Å². The summed E-state index contributed by atoms with van der Waals surface area (Å²) in [5.74, 6) is 14.4. The highest BCUT2D eigenvalue weighted by Crippen LogP contribution is 2.39. The number of aromatic nitrogens is 6. The number of fused-ring (bicyclic) bond motifs is 5. The molecular formula is C50H44N10O3. The van der Waals surface area contributed by atoms with E-state index in [2.05, 4.69) is 60.0 Å². The van der Waals surface area contributed by atoms with Gasteiger partial charge in [0.2, 0.25) is 17.8 Å². The van der Waals surface area contributed by atoms with Crippen molar-refractivity contribution < 1.29 is 14.3 Å². The average Bonchev–Trinajstić information content (AvgIpc) is 3.78. The highest BCUT2D eigenvalue weighted by atomic mass is 16.5. The number of anilines is 3. The van der Waals surface area contributed by atoms with Crippen molar-refractivity contribution in [3.63, 3.8) is 0 Å². The number of hydrogen-bond acceptors (Lipinski definition) is 11. The monoisotopic (exact) mass is 832 g/mol. The van der Waals surface area contributed by atoms with Crippen LogP contribution in [0.3, 0.4) is 0 Å². The lowest BCUT2D eigenvalue weighted by molar-refractivity contribution is -0.135. The predicted octanol–water partition coefficient (Wildman–Crippen LogP) is 7.01. The summed E-state index contributed by atoms with van der Waals surface area (Å²) in [6.45, 7) is 2.00. The van der Waals surface area contributed by atoms with Crippen molar-refractivity contribution in [1.29, 1.82) is 0 Å². The van der Waals surface area contributed by atoms with Crippen LogP contribution in [0.15, 0.2) is 110 Å². The Kier molecular flexibility index (Phi) is 10.8.